The van der Waals surface area contributed by atoms with Crippen molar-refractivity contribution in [3.8, 4) is 11.3 Å². The smallest absolute Gasteiger partial charge is 0.193 e. The van der Waals surface area contributed by atoms with Crippen molar-refractivity contribution in [3.05, 3.63) is 42.4 Å². The SMILES string of the molecule is CN=C(NCC1CNNC1C)N(C)Cc1ncc(-c2ccccc2)[nH]1.I. The van der Waals surface area contributed by atoms with E-state index in [1.807, 2.05) is 38.5 Å². The third-order valence-electron chi connectivity index (χ3n) is 4.60. The molecule has 142 valence electrons. The largest absolute Gasteiger partial charge is 0.356 e. The molecule has 3 rings (SSSR count). The molecule has 1 aliphatic heterocycles. The number of aromatic nitrogens is 2. The number of hydrazine groups is 1. The number of aromatic amines is 1. The van der Waals surface area contributed by atoms with E-state index in [0.29, 0.717) is 18.5 Å². The first-order valence-electron chi connectivity index (χ1n) is 8.67. The fourth-order valence-electron chi connectivity index (χ4n) is 3.01. The summed E-state index contributed by atoms with van der Waals surface area (Å²) >= 11 is 0. The maximum Gasteiger partial charge on any atom is 0.193 e. The molecule has 0 bridgehead atoms. The maximum absolute atomic E-state index is 4.50. The number of hydrogen-bond acceptors (Lipinski definition) is 4. The predicted octanol–water partition coefficient (Wildman–Crippen LogP) is 1.81. The first kappa shape index (κ1) is 20.7. The van der Waals surface area contributed by atoms with Gasteiger partial charge in [0.1, 0.15) is 5.82 Å². The Hall–Kier alpha value is -1.65. The van der Waals surface area contributed by atoms with Gasteiger partial charge in [-0.05, 0) is 12.5 Å². The van der Waals surface area contributed by atoms with Gasteiger partial charge >= 0.3 is 0 Å². The number of benzene rings is 1. The fourth-order valence-corrected chi connectivity index (χ4v) is 3.01. The van der Waals surface area contributed by atoms with Crippen molar-refractivity contribution in [3.63, 3.8) is 0 Å². The van der Waals surface area contributed by atoms with Gasteiger partial charge in [0.2, 0.25) is 0 Å². The second-order valence-corrected chi connectivity index (χ2v) is 6.47. The van der Waals surface area contributed by atoms with Gasteiger partial charge in [-0.2, -0.15) is 0 Å². The van der Waals surface area contributed by atoms with E-state index in [-0.39, 0.29) is 24.0 Å². The molecule has 0 spiro atoms. The van der Waals surface area contributed by atoms with Gasteiger partial charge in [0.15, 0.2) is 5.96 Å². The lowest BCUT2D eigenvalue weighted by Gasteiger charge is -2.23. The molecule has 4 N–H and O–H groups in total. The third-order valence-corrected chi connectivity index (χ3v) is 4.60. The van der Waals surface area contributed by atoms with Gasteiger partial charge in [0.05, 0.1) is 18.4 Å². The molecule has 1 aliphatic rings. The summed E-state index contributed by atoms with van der Waals surface area (Å²) in [5.74, 6) is 2.33. The zero-order valence-electron chi connectivity index (χ0n) is 15.5. The zero-order valence-corrected chi connectivity index (χ0v) is 17.8. The monoisotopic (exact) mass is 469 g/mol. The molecule has 0 saturated carbocycles. The first-order chi connectivity index (χ1) is 12.2. The fraction of sp³-hybridized carbons (Fsp3) is 0.444. The average Bonchev–Trinajstić information content (AvgIpc) is 3.25. The molecule has 0 radical (unpaired) electrons. The lowest BCUT2D eigenvalue weighted by atomic mass is 10.0. The summed E-state index contributed by atoms with van der Waals surface area (Å²) in [6, 6.07) is 10.7. The molecule has 26 heavy (non-hydrogen) atoms. The Balaban J connectivity index is 0.00000243. The molecular formula is C18H28IN7. The minimum Gasteiger partial charge on any atom is -0.356 e. The second kappa shape index (κ2) is 9.89. The number of imidazole rings is 1. The number of nitrogens with one attached hydrogen (secondary N) is 4. The Morgan fingerprint density at radius 1 is 1.35 bits per heavy atom. The number of guanidine groups is 1. The molecule has 0 amide bonds. The molecule has 2 heterocycles. The molecule has 2 unspecified atom stereocenters. The molecule has 7 nitrogen and oxygen atoms in total. The Kier molecular flexibility index (Phi) is 7.85. The number of halogens is 1. The summed E-state index contributed by atoms with van der Waals surface area (Å²) in [7, 11) is 3.83. The predicted molar refractivity (Wildman–Crippen MR) is 116 cm³/mol. The summed E-state index contributed by atoms with van der Waals surface area (Å²) < 4.78 is 0. The second-order valence-electron chi connectivity index (χ2n) is 6.47. The van der Waals surface area contributed by atoms with Crippen LogP contribution in [0.2, 0.25) is 0 Å². The molecule has 1 saturated heterocycles. The van der Waals surface area contributed by atoms with Gasteiger partial charge in [-0.1, -0.05) is 30.3 Å². The van der Waals surface area contributed by atoms with Crippen molar-refractivity contribution < 1.29 is 0 Å². The van der Waals surface area contributed by atoms with Crippen LogP contribution in [-0.4, -0.2) is 54.1 Å². The van der Waals surface area contributed by atoms with Gasteiger partial charge in [0, 0.05) is 39.1 Å². The number of nitrogens with zero attached hydrogens (tertiary/aromatic N) is 3. The lowest BCUT2D eigenvalue weighted by Crippen LogP contribution is -2.42. The zero-order chi connectivity index (χ0) is 17.6. The highest BCUT2D eigenvalue weighted by Crippen LogP contribution is 2.16. The van der Waals surface area contributed by atoms with Gasteiger partial charge in [-0.15, -0.1) is 24.0 Å². The minimum atomic E-state index is 0. The minimum absolute atomic E-state index is 0. The van der Waals surface area contributed by atoms with Crippen molar-refractivity contribution in [1.82, 2.24) is 31.0 Å². The topological polar surface area (TPSA) is 80.4 Å². The van der Waals surface area contributed by atoms with Crippen LogP contribution < -0.4 is 16.2 Å². The van der Waals surface area contributed by atoms with Crippen LogP contribution >= 0.6 is 24.0 Å². The number of rotatable bonds is 5. The van der Waals surface area contributed by atoms with E-state index in [1.165, 1.54) is 0 Å². The van der Waals surface area contributed by atoms with E-state index in [0.717, 1.165) is 36.1 Å². The highest BCUT2D eigenvalue weighted by molar-refractivity contribution is 14.0. The van der Waals surface area contributed by atoms with Crippen LogP contribution in [-0.2, 0) is 6.54 Å². The lowest BCUT2D eigenvalue weighted by molar-refractivity contribution is 0.437. The van der Waals surface area contributed by atoms with E-state index in [4.69, 9.17) is 0 Å². The van der Waals surface area contributed by atoms with E-state index >= 15 is 0 Å². The average molecular weight is 469 g/mol. The molecule has 1 aromatic carbocycles. The van der Waals surface area contributed by atoms with Crippen LogP contribution in [0.25, 0.3) is 11.3 Å². The summed E-state index contributed by atoms with van der Waals surface area (Å²) in [4.78, 5) is 14.3. The van der Waals surface area contributed by atoms with Crippen LogP contribution in [0, 0.1) is 5.92 Å². The van der Waals surface area contributed by atoms with Crippen molar-refractivity contribution in [1.29, 1.82) is 0 Å². The molecular weight excluding hydrogens is 441 g/mol. The van der Waals surface area contributed by atoms with E-state index in [2.05, 4.69) is 55.1 Å². The quantitative estimate of drug-likeness (QED) is 0.305. The van der Waals surface area contributed by atoms with Crippen molar-refractivity contribution >= 4 is 29.9 Å². The Bertz CT molecular complexity index is 701. The van der Waals surface area contributed by atoms with Crippen molar-refractivity contribution in [2.24, 2.45) is 10.9 Å². The van der Waals surface area contributed by atoms with Gasteiger partial charge in [-0.3, -0.25) is 15.8 Å². The van der Waals surface area contributed by atoms with Gasteiger partial charge in [-0.25, -0.2) is 4.98 Å². The normalized spacial score (nSPS) is 19.9. The van der Waals surface area contributed by atoms with Crippen molar-refractivity contribution in [2.75, 3.05) is 27.2 Å². The van der Waals surface area contributed by atoms with Crippen LogP contribution in [0.1, 0.15) is 12.7 Å². The van der Waals surface area contributed by atoms with Crippen LogP contribution in [0.5, 0.6) is 0 Å². The van der Waals surface area contributed by atoms with E-state index in [1.54, 1.807) is 0 Å². The number of aliphatic imine (C=N–C) groups is 1. The Morgan fingerprint density at radius 3 is 2.77 bits per heavy atom. The number of hydrogen-bond donors (Lipinski definition) is 4. The summed E-state index contributed by atoms with van der Waals surface area (Å²) in [6.45, 7) is 4.70. The maximum atomic E-state index is 4.50. The van der Waals surface area contributed by atoms with Crippen molar-refractivity contribution in [2.45, 2.75) is 19.5 Å². The van der Waals surface area contributed by atoms with Crippen LogP contribution in [0.3, 0.4) is 0 Å². The molecule has 1 fully saturated rings. The first-order valence-corrected chi connectivity index (χ1v) is 8.67. The highest BCUT2D eigenvalue weighted by Gasteiger charge is 2.23. The summed E-state index contributed by atoms with van der Waals surface area (Å²) in [6.07, 6.45) is 1.88. The summed E-state index contributed by atoms with van der Waals surface area (Å²) in [5.41, 5.74) is 8.60. The van der Waals surface area contributed by atoms with Gasteiger partial charge in [0.25, 0.3) is 0 Å². The molecule has 2 aromatic rings. The molecule has 2 atom stereocenters. The standard InChI is InChI=1S/C18H27N7.HI/c1-13-15(10-22-24-13)9-21-18(19-2)25(3)12-17-20-11-16(23-17)14-7-5-4-6-8-14;/h4-8,11,13,15,22,24H,9-10,12H2,1-3H3,(H,19,21)(H,20,23);1H. The number of H-pyrrole nitrogens is 1. The summed E-state index contributed by atoms with van der Waals surface area (Å²) in [5, 5.41) is 3.45. The third kappa shape index (κ3) is 5.18. The Morgan fingerprint density at radius 2 is 2.12 bits per heavy atom. The molecule has 1 aromatic heterocycles. The van der Waals surface area contributed by atoms with Gasteiger partial charge < -0.3 is 15.2 Å². The van der Waals surface area contributed by atoms with E-state index in [9.17, 15) is 0 Å². The van der Waals surface area contributed by atoms with Crippen LogP contribution in [0.4, 0.5) is 0 Å². The highest BCUT2D eigenvalue weighted by atomic mass is 127. The Labute approximate surface area is 172 Å². The molecule has 8 heteroatoms. The molecule has 0 aliphatic carbocycles. The van der Waals surface area contributed by atoms with Crippen LogP contribution in [0.15, 0.2) is 41.5 Å². The van der Waals surface area contributed by atoms with E-state index < -0.39 is 0 Å².